The van der Waals surface area contributed by atoms with Crippen molar-refractivity contribution >= 4 is 11.9 Å². The van der Waals surface area contributed by atoms with Crippen LogP contribution in [-0.2, 0) is 6.54 Å². The fraction of sp³-hybridized carbons (Fsp3) is 0.400. The van der Waals surface area contributed by atoms with E-state index in [1.54, 1.807) is 0 Å². The van der Waals surface area contributed by atoms with E-state index in [1.807, 2.05) is 0 Å². The van der Waals surface area contributed by atoms with E-state index in [0.29, 0.717) is 0 Å². The average molecular weight is 202 g/mol. The third-order valence-electron chi connectivity index (χ3n) is 1.50. The summed E-state index contributed by atoms with van der Waals surface area (Å²) in [6.07, 6.45) is 0. The largest absolute Gasteiger partial charge is 0.769 e. The number of quaternary nitrogens is 1. The molecule has 3 heteroatoms. The summed E-state index contributed by atoms with van der Waals surface area (Å²) in [6, 6.07) is 10.6. The smallest absolute Gasteiger partial charge is 0.104 e. The molecular weight excluding hydrogens is 186 g/mol. The van der Waals surface area contributed by atoms with Gasteiger partial charge in [-0.25, -0.2) is 11.9 Å². The van der Waals surface area contributed by atoms with Crippen LogP contribution in [0.1, 0.15) is 5.56 Å². The molecule has 0 aromatic heterocycles. The van der Waals surface area contributed by atoms with E-state index < -0.39 is 0 Å². The maximum Gasteiger partial charge on any atom is 0.104 e. The van der Waals surface area contributed by atoms with Crippen LogP contribution in [-0.4, -0.2) is 25.6 Å². The van der Waals surface area contributed by atoms with Crippen molar-refractivity contribution in [3.05, 3.63) is 35.9 Å². The Kier molecular flexibility index (Phi) is 5.71. The van der Waals surface area contributed by atoms with Crippen LogP contribution in [0.5, 0.6) is 0 Å². The number of hydrogen-bond donors (Lipinski definition) is 0. The lowest BCUT2D eigenvalue weighted by Crippen LogP contribution is -2.33. The van der Waals surface area contributed by atoms with E-state index in [4.69, 9.17) is 4.66 Å². The van der Waals surface area contributed by atoms with Gasteiger partial charge in [0.25, 0.3) is 0 Å². The lowest BCUT2D eigenvalue weighted by molar-refractivity contribution is -0.884. The van der Waals surface area contributed by atoms with E-state index in [2.05, 4.69) is 63.3 Å². The van der Waals surface area contributed by atoms with Crippen molar-refractivity contribution < 1.29 is 9.14 Å². The number of halogens is 1. The first-order chi connectivity index (χ1) is 6.08. The van der Waals surface area contributed by atoms with Gasteiger partial charge in [0.2, 0.25) is 0 Å². The fourth-order valence-electron chi connectivity index (χ4n) is 1.13. The van der Waals surface area contributed by atoms with Gasteiger partial charge in [0.1, 0.15) is 6.54 Å². The predicted octanol–water partition coefficient (Wildman–Crippen LogP) is 1.39. The van der Waals surface area contributed by atoms with Crippen molar-refractivity contribution in [2.45, 2.75) is 6.54 Å². The van der Waals surface area contributed by atoms with E-state index in [1.165, 1.54) is 5.56 Å². The molecule has 0 aliphatic rings. The molecule has 1 aromatic carbocycles. The predicted molar refractivity (Wildman–Crippen MR) is 54.0 cm³/mol. The summed E-state index contributed by atoms with van der Waals surface area (Å²) in [5.41, 5.74) is 1.40. The van der Waals surface area contributed by atoms with Crippen molar-refractivity contribution in [1.29, 1.82) is 0 Å². The van der Waals surface area contributed by atoms with Crippen LogP contribution >= 0.6 is 11.9 Å². The minimum Gasteiger partial charge on any atom is -0.769 e. The Morgan fingerprint density at radius 1 is 1.08 bits per heavy atom. The molecule has 13 heavy (non-hydrogen) atoms. The van der Waals surface area contributed by atoms with Crippen LogP contribution < -0.4 is 4.66 Å². The maximum atomic E-state index is 7.72. The summed E-state index contributed by atoms with van der Waals surface area (Å²) in [4.78, 5) is 0. The quantitative estimate of drug-likeness (QED) is 0.664. The van der Waals surface area contributed by atoms with Gasteiger partial charge < -0.3 is 9.14 Å². The summed E-state index contributed by atoms with van der Waals surface area (Å²) in [5.74, 6) is 0. The molecule has 0 radical (unpaired) electrons. The van der Waals surface area contributed by atoms with E-state index in [9.17, 15) is 0 Å². The summed E-state index contributed by atoms with van der Waals surface area (Å²) >= 11 is 3.39. The lowest BCUT2D eigenvalue weighted by Gasteiger charge is -2.23. The van der Waals surface area contributed by atoms with Crippen LogP contribution in [0.15, 0.2) is 30.3 Å². The molecule has 74 valence electrons. The normalized spacial score (nSPS) is 10.2. The summed E-state index contributed by atoms with van der Waals surface area (Å²) in [6.45, 7) is 1.10. The van der Waals surface area contributed by atoms with E-state index in [-0.39, 0.29) is 0 Å². The van der Waals surface area contributed by atoms with E-state index >= 15 is 0 Å². The first kappa shape index (κ1) is 12.4. The first-order valence-corrected chi connectivity index (χ1v) is 4.39. The zero-order chi connectivity index (χ0) is 10.3. The molecule has 0 aliphatic heterocycles. The third kappa shape index (κ3) is 6.58. The number of hydrogen-bond acceptors (Lipinski definition) is 1. The molecule has 0 amide bonds. The highest BCUT2D eigenvalue weighted by atomic mass is 35.5. The van der Waals surface area contributed by atoms with Crippen molar-refractivity contribution in [3.63, 3.8) is 0 Å². The number of benzene rings is 1. The first-order valence-electron chi connectivity index (χ1n) is 4.08. The van der Waals surface area contributed by atoms with Gasteiger partial charge in [-0.05, 0) is 0 Å². The molecule has 2 nitrogen and oxygen atoms in total. The Morgan fingerprint density at radius 3 is 1.92 bits per heavy atom. The topological polar surface area (TPSA) is 23.1 Å². The lowest BCUT2D eigenvalue weighted by atomic mass is 10.2. The van der Waals surface area contributed by atoms with Crippen molar-refractivity contribution in [2.75, 3.05) is 21.1 Å². The Balaban J connectivity index is 0.000000671. The third-order valence-corrected chi connectivity index (χ3v) is 1.50. The van der Waals surface area contributed by atoms with Gasteiger partial charge in [-0.3, -0.25) is 0 Å². The van der Waals surface area contributed by atoms with Crippen molar-refractivity contribution in [3.8, 4) is 0 Å². The molecule has 1 aromatic rings. The van der Waals surface area contributed by atoms with Crippen molar-refractivity contribution in [2.24, 2.45) is 0 Å². The summed E-state index contributed by atoms with van der Waals surface area (Å²) in [5, 5.41) is 0. The molecule has 0 heterocycles. The van der Waals surface area contributed by atoms with Gasteiger partial charge in [-0.2, -0.15) is 0 Å². The zero-order valence-electron chi connectivity index (χ0n) is 8.33. The average Bonchev–Trinajstić information content (AvgIpc) is 2.07. The van der Waals surface area contributed by atoms with Crippen LogP contribution in [0.2, 0.25) is 0 Å². The molecule has 0 unspecified atom stereocenters. The van der Waals surface area contributed by atoms with Crippen LogP contribution in [0, 0.1) is 0 Å². The fourth-order valence-corrected chi connectivity index (χ4v) is 1.13. The second-order valence-electron chi connectivity index (χ2n) is 3.93. The molecule has 0 saturated heterocycles. The minimum atomic E-state index is 0.990. The number of nitrogens with zero attached hydrogens (tertiary/aromatic N) is 1. The molecule has 0 N–H and O–H groups in total. The minimum absolute atomic E-state index is 0.990. The Labute approximate surface area is 85.1 Å². The maximum absolute atomic E-state index is 7.72. The summed E-state index contributed by atoms with van der Waals surface area (Å²) in [7, 11) is 6.60. The highest BCUT2D eigenvalue weighted by Crippen LogP contribution is 2.04. The van der Waals surface area contributed by atoms with Crippen molar-refractivity contribution in [1.82, 2.24) is 0 Å². The highest BCUT2D eigenvalue weighted by Gasteiger charge is 2.06. The monoisotopic (exact) mass is 201 g/mol. The molecule has 0 bridgehead atoms. The van der Waals surface area contributed by atoms with Gasteiger partial charge in [0, 0.05) is 5.56 Å². The zero-order valence-corrected chi connectivity index (χ0v) is 9.08. The number of rotatable bonds is 2. The van der Waals surface area contributed by atoms with Gasteiger partial charge in [-0.15, -0.1) is 0 Å². The molecule has 0 fully saturated rings. The summed E-state index contributed by atoms with van der Waals surface area (Å²) < 4.78 is 8.71. The SMILES string of the molecule is C[N+](C)(C)Cc1ccccc1.[O-]Cl. The Hall–Kier alpha value is -0.570. The Morgan fingerprint density at radius 2 is 1.54 bits per heavy atom. The molecule has 0 atom stereocenters. The standard InChI is InChI=1S/C10H16N.ClO/c1-11(2,3)9-10-7-5-4-6-8-10;1-2/h4-8H,9H2,1-3H3;/q+1;-1. The molecule has 0 spiro atoms. The second-order valence-corrected chi connectivity index (χ2v) is 3.93. The molecule has 0 aliphatic carbocycles. The Bertz CT molecular complexity index is 218. The highest BCUT2D eigenvalue weighted by molar-refractivity contribution is 6.02. The molecule has 1 rings (SSSR count). The molecular formula is C10H16ClNO. The van der Waals surface area contributed by atoms with Gasteiger partial charge in [0.05, 0.1) is 21.1 Å². The van der Waals surface area contributed by atoms with Crippen LogP contribution in [0.3, 0.4) is 0 Å². The van der Waals surface area contributed by atoms with Gasteiger partial charge >= 0.3 is 0 Å². The van der Waals surface area contributed by atoms with Crippen LogP contribution in [0.4, 0.5) is 0 Å². The second kappa shape index (κ2) is 5.97. The van der Waals surface area contributed by atoms with E-state index in [0.717, 1.165) is 11.0 Å². The molecule has 0 saturated carbocycles. The van der Waals surface area contributed by atoms with Gasteiger partial charge in [0.15, 0.2) is 0 Å². The van der Waals surface area contributed by atoms with Gasteiger partial charge in [-0.1, -0.05) is 30.3 Å². The van der Waals surface area contributed by atoms with Crippen LogP contribution in [0.25, 0.3) is 0 Å².